The summed E-state index contributed by atoms with van der Waals surface area (Å²) in [5.74, 6) is -0.783. The Bertz CT molecular complexity index is 1520. The van der Waals surface area contributed by atoms with Crippen LogP contribution in [-0.4, -0.2) is 17.3 Å². The highest BCUT2D eigenvalue weighted by Gasteiger charge is 2.23. The summed E-state index contributed by atoms with van der Waals surface area (Å²) in [7, 11) is 0. The number of rotatable bonds is 5. The molecule has 0 amide bonds. The maximum Gasteiger partial charge on any atom is 0.340 e. The van der Waals surface area contributed by atoms with Crippen LogP contribution in [0.15, 0.2) is 82.1 Å². The number of esters is 1. The summed E-state index contributed by atoms with van der Waals surface area (Å²) in [6.07, 6.45) is 4.91. The molecule has 2 N–H and O–H groups in total. The van der Waals surface area contributed by atoms with Crippen LogP contribution in [0, 0.1) is 11.2 Å². The van der Waals surface area contributed by atoms with Crippen molar-refractivity contribution in [1.82, 2.24) is 0 Å². The molecule has 0 radical (unpaired) electrons. The third-order valence-corrected chi connectivity index (χ3v) is 5.60. The van der Waals surface area contributed by atoms with Gasteiger partial charge in [0.1, 0.15) is 22.8 Å². The first-order valence-corrected chi connectivity index (χ1v) is 11.5. The van der Waals surface area contributed by atoms with Gasteiger partial charge < -0.3 is 19.9 Å². The molecule has 1 aliphatic rings. The summed E-state index contributed by atoms with van der Waals surface area (Å²) in [6.45, 7) is 11.0. The van der Waals surface area contributed by atoms with Crippen LogP contribution in [0.5, 0.6) is 0 Å². The molecule has 1 atom stereocenters. The molecule has 1 unspecified atom stereocenters. The Labute approximate surface area is 208 Å². The van der Waals surface area contributed by atoms with Crippen LogP contribution in [0.3, 0.4) is 0 Å². The number of para-hydroxylation sites is 1. The standard InChI is InChI=1S/C29H27FN2O4/c1-16-12-18(10-11-23(16)31)26-15-25(33)22-14-19(30)13-21(27(22)35-26)17(2)32-24-9-7-6-8-20(24)28(34)36-29(3,4)5/h6-15,17,31-32H,1H2,2-5H3. The second-order valence-corrected chi connectivity index (χ2v) is 9.63. The van der Waals surface area contributed by atoms with Crippen LogP contribution in [0.2, 0.25) is 0 Å². The Morgan fingerprint density at radius 2 is 1.89 bits per heavy atom. The summed E-state index contributed by atoms with van der Waals surface area (Å²) in [4.78, 5) is 25.7. The molecule has 184 valence electrons. The number of hydrogen-bond acceptors (Lipinski definition) is 6. The average molecular weight is 487 g/mol. The van der Waals surface area contributed by atoms with Gasteiger partial charge in [0.15, 0.2) is 5.43 Å². The van der Waals surface area contributed by atoms with E-state index in [1.165, 1.54) is 12.1 Å². The Kier molecular flexibility index (Phi) is 6.50. The van der Waals surface area contributed by atoms with E-state index >= 15 is 0 Å². The predicted octanol–water partition coefficient (Wildman–Crippen LogP) is 6.59. The minimum Gasteiger partial charge on any atom is -0.456 e. The average Bonchev–Trinajstić information content (AvgIpc) is 2.80. The molecule has 36 heavy (non-hydrogen) atoms. The number of nitrogens with one attached hydrogen (secondary N) is 2. The Balaban J connectivity index is 1.77. The topological polar surface area (TPSA) is 92.4 Å². The molecule has 0 saturated carbocycles. The number of carbonyl (C=O) groups excluding carboxylic acids is 1. The highest BCUT2D eigenvalue weighted by Crippen LogP contribution is 2.31. The highest BCUT2D eigenvalue weighted by molar-refractivity contribution is 6.12. The van der Waals surface area contributed by atoms with Crippen molar-refractivity contribution in [2.24, 2.45) is 0 Å². The third kappa shape index (κ3) is 5.20. The number of hydrogen-bond donors (Lipinski definition) is 2. The lowest BCUT2D eigenvalue weighted by molar-refractivity contribution is 0.00706. The van der Waals surface area contributed by atoms with E-state index in [0.29, 0.717) is 28.0 Å². The van der Waals surface area contributed by atoms with Gasteiger partial charge >= 0.3 is 5.97 Å². The van der Waals surface area contributed by atoms with Crippen LogP contribution in [0.1, 0.15) is 55.4 Å². The van der Waals surface area contributed by atoms with Gasteiger partial charge in [0.2, 0.25) is 0 Å². The fraction of sp³-hybridized carbons (Fsp3) is 0.207. The van der Waals surface area contributed by atoms with Crippen LogP contribution in [0.25, 0.3) is 16.5 Å². The molecule has 0 fully saturated rings. The maximum absolute atomic E-state index is 14.6. The van der Waals surface area contributed by atoms with E-state index in [4.69, 9.17) is 14.6 Å². The third-order valence-electron chi connectivity index (χ3n) is 5.60. The number of benzene rings is 2. The lowest BCUT2D eigenvalue weighted by atomic mass is 9.98. The molecule has 1 aromatic heterocycles. The number of fused-ring (bicyclic) bond motifs is 1. The monoisotopic (exact) mass is 486 g/mol. The fourth-order valence-corrected chi connectivity index (χ4v) is 3.89. The molecular formula is C29H27FN2O4. The van der Waals surface area contributed by atoms with E-state index < -0.39 is 28.9 Å². The summed E-state index contributed by atoms with van der Waals surface area (Å²) in [5, 5.41) is 11.2. The zero-order valence-electron chi connectivity index (χ0n) is 20.6. The molecule has 7 heteroatoms. The zero-order chi connectivity index (χ0) is 26.2. The second kappa shape index (κ2) is 9.41. The first-order valence-electron chi connectivity index (χ1n) is 11.5. The van der Waals surface area contributed by atoms with E-state index in [9.17, 15) is 14.0 Å². The van der Waals surface area contributed by atoms with E-state index in [-0.39, 0.29) is 22.4 Å². The van der Waals surface area contributed by atoms with E-state index in [1.54, 1.807) is 70.2 Å². The van der Waals surface area contributed by atoms with E-state index in [2.05, 4.69) is 11.9 Å². The van der Waals surface area contributed by atoms with Gasteiger partial charge in [-0.15, -0.1) is 0 Å². The van der Waals surface area contributed by atoms with Gasteiger partial charge in [-0.05, 0) is 75.8 Å². The minimum atomic E-state index is -0.666. The van der Waals surface area contributed by atoms with Crippen molar-refractivity contribution in [3.8, 4) is 0 Å². The lowest BCUT2D eigenvalue weighted by Crippen LogP contribution is -2.24. The molecule has 0 spiro atoms. The van der Waals surface area contributed by atoms with E-state index in [0.717, 1.165) is 6.07 Å². The fourth-order valence-electron chi connectivity index (χ4n) is 3.89. The van der Waals surface area contributed by atoms with Crippen LogP contribution >= 0.6 is 0 Å². The molecule has 1 aliphatic carbocycles. The molecular weight excluding hydrogens is 459 g/mol. The predicted molar refractivity (Wildman–Crippen MR) is 140 cm³/mol. The van der Waals surface area contributed by atoms with Crippen molar-refractivity contribution < 1.29 is 18.3 Å². The van der Waals surface area contributed by atoms with Crippen LogP contribution < -0.4 is 10.7 Å². The largest absolute Gasteiger partial charge is 0.456 e. The van der Waals surface area contributed by atoms with Crippen molar-refractivity contribution in [3.05, 3.63) is 106 Å². The Hall–Kier alpha value is -4.26. The van der Waals surface area contributed by atoms with Crippen molar-refractivity contribution in [3.63, 3.8) is 0 Å². The first-order chi connectivity index (χ1) is 16.9. The van der Waals surface area contributed by atoms with Crippen molar-refractivity contribution in [1.29, 1.82) is 5.41 Å². The number of halogens is 1. The van der Waals surface area contributed by atoms with Crippen molar-refractivity contribution in [2.45, 2.75) is 39.3 Å². The molecule has 6 nitrogen and oxygen atoms in total. The number of carbonyl (C=O) groups is 1. The van der Waals surface area contributed by atoms with Gasteiger partial charge in [-0.1, -0.05) is 18.7 Å². The molecule has 2 aromatic carbocycles. The number of anilines is 1. The van der Waals surface area contributed by atoms with Crippen molar-refractivity contribution in [2.75, 3.05) is 5.32 Å². The molecule has 0 aliphatic heterocycles. The smallest absolute Gasteiger partial charge is 0.340 e. The first kappa shape index (κ1) is 24.9. The lowest BCUT2D eigenvalue weighted by Gasteiger charge is -2.22. The summed E-state index contributed by atoms with van der Waals surface area (Å²) in [5.41, 5.74) is 1.76. The van der Waals surface area contributed by atoms with E-state index in [1.807, 2.05) is 0 Å². The minimum absolute atomic E-state index is 0.106. The Morgan fingerprint density at radius 3 is 2.58 bits per heavy atom. The van der Waals surface area contributed by atoms with Gasteiger partial charge in [0, 0.05) is 22.9 Å². The van der Waals surface area contributed by atoms with Gasteiger partial charge in [0.05, 0.1) is 22.7 Å². The van der Waals surface area contributed by atoms with Gasteiger partial charge in [-0.3, -0.25) is 4.79 Å². The van der Waals surface area contributed by atoms with Crippen LogP contribution in [-0.2, 0) is 4.74 Å². The maximum atomic E-state index is 14.6. The summed E-state index contributed by atoms with van der Waals surface area (Å²) in [6, 6.07) is 10.1. The zero-order valence-corrected chi connectivity index (χ0v) is 20.6. The molecule has 1 heterocycles. The van der Waals surface area contributed by atoms with Gasteiger partial charge in [-0.25, -0.2) is 9.18 Å². The SMILES string of the molecule is C=C1C=C(c2cc(=O)c3cc(F)cc(C(C)Nc4ccccc4C(=O)OC(C)(C)C)c3o2)C=CC1=N. The Morgan fingerprint density at radius 1 is 1.17 bits per heavy atom. The summed E-state index contributed by atoms with van der Waals surface area (Å²) >= 11 is 0. The molecule has 0 bridgehead atoms. The van der Waals surface area contributed by atoms with Crippen LogP contribution in [0.4, 0.5) is 10.1 Å². The van der Waals surface area contributed by atoms with Gasteiger partial charge in [0.25, 0.3) is 0 Å². The molecule has 4 rings (SSSR count). The number of ether oxygens (including phenoxy) is 1. The summed E-state index contributed by atoms with van der Waals surface area (Å²) < 4.78 is 26.2. The van der Waals surface area contributed by atoms with Crippen molar-refractivity contribution >= 4 is 33.9 Å². The normalized spacial score (nSPS) is 14.5. The van der Waals surface area contributed by atoms with Gasteiger partial charge in [-0.2, -0.15) is 0 Å². The molecule has 3 aromatic rings. The highest BCUT2D eigenvalue weighted by atomic mass is 19.1. The number of allylic oxidation sites excluding steroid dienone is 5. The quantitative estimate of drug-likeness (QED) is 0.397. The second-order valence-electron chi connectivity index (χ2n) is 9.63. The molecule has 0 saturated heterocycles.